The van der Waals surface area contributed by atoms with Crippen molar-refractivity contribution < 1.29 is 26.4 Å². The first-order valence-electron chi connectivity index (χ1n) is 6.10. The zero-order valence-corrected chi connectivity index (χ0v) is 12.5. The molecule has 0 aliphatic heterocycles. The van der Waals surface area contributed by atoms with E-state index in [-0.39, 0.29) is 17.3 Å². The molecule has 0 aliphatic rings. The SMILES string of the molecule is CC=CC(=O)Nc1cc(C(F)(F)F)cnc1NS(=O)(=O)CC. The van der Waals surface area contributed by atoms with Crippen LogP contribution < -0.4 is 10.0 Å². The molecule has 0 unspecified atom stereocenters. The minimum absolute atomic E-state index is 0.294. The fraction of sp³-hybridized carbons (Fsp3) is 0.333. The molecule has 0 aromatic carbocycles. The maximum atomic E-state index is 12.7. The number of allylic oxidation sites excluding steroid dienone is 1. The Kier molecular flexibility index (Phi) is 5.53. The molecule has 0 bridgehead atoms. The predicted molar refractivity (Wildman–Crippen MR) is 75.8 cm³/mol. The summed E-state index contributed by atoms with van der Waals surface area (Å²) in [5.74, 6) is -1.38. The predicted octanol–water partition coefficient (Wildman–Crippen LogP) is 2.38. The smallest absolute Gasteiger partial charge is 0.319 e. The van der Waals surface area contributed by atoms with Gasteiger partial charge in [0.15, 0.2) is 5.82 Å². The highest BCUT2D eigenvalue weighted by Gasteiger charge is 2.32. The van der Waals surface area contributed by atoms with E-state index in [2.05, 4.69) is 10.3 Å². The minimum atomic E-state index is -4.67. The average molecular weight is 337 g/mol. The van der Waals surface area contributed by atoms with Crippen LogP contribution in [0.5, 0.6) is 0 Å². The number of anilines is 2. The van der Waals surface area contributed by atoms with Crippen molar-refractivity contribution in [2.75, 3.05) is 15.8 Å². The normalized spacial score (nSPS) is 12.4. The van der Waals surface area contributed by atoms with E-state index < -0.39 is 27.7 Å². The summed E-state index contributed by atoms with van der Waals surface area (Å²) in [5, 5.41) is 2.16. The van der Waals surface area contributed by atoms with E-state index in [1.54, 1.807) is 6.92 Å². The molecule has 0 spiro atoms. The number of amides is 1. The van der Waals surface area contributed by atoms with Crippen LogP contribution in [0.2, 0.25) is 0 Å². The molecule has 1 rings (SSSR count). The van der Waals surface area contributed by atoms with Gasteiger partial charge in [-0.15, -0.1) is 0 Å². The molecule has 0 fully saturated rings. The minimum Gasteiger partial charge on any atom is -0.319 e. The van der Waals surface area contributed by atoms with Crippen molar-refractivity contribution in [2.45, 2.75) is 20.0 Å². The monoisotopic (exact) mass is 337 g/mol. The van der Waals surface area contributed by atoms with Crippen molar-refractivity contribution in [2.24, 2.45) is 0 Å². The van der Waals surface area contributed by atoms with Gasteiger partial charge in [-0.3, -0.25) is 9.52 Å². The summed E-state index contributed by atoms with van der Waals surface area (Å²) < 4.78 is 63.1. The van der Waals surface area contributed by atoms with Gasteiger partial charge in [0.05, 0.1) is 17.0 Å². The second-order valence-electron chi connectivity index (χ2n) is 4.11. The van der Waals surface area contributed by atoms with Crippen molar-refractivity contribution in [3.8, 4) is 0 Å². The quantitative estimate of drug-likeness (QED) is 0.808. The number of nitrogens with one attached hydrogen (secondary N) is 2. The molecular formula is C12H14F3N3O3S. The number of nitrogens with zero attached hydrogens (tertiary/aromatic N) is 1. The van der Waals surface area contributed by atoms with Gasteiger partial charge in [-0.2, -0.15) is 13.2 Å². The maximum absolute atomic E-state index is 12.7. The van der Waals surface area contributed by atoms with Crippen LogP contribution in [0.4, 0.5) is 24.7 Å². The lowest BCUT2D eigenvalue weighted by atomic mass is 10.2. The second-order valence-corrected chi connectivity index (χ2v) is 6.12. The van der Waals surface area contributed by atoms with Gasteiger partial charge < -0.3 is 5.32 Å². The van der Waals surface area contributed by atoms with Crippen LogP contribution >= 0.6 is 0 Å². The molecule has 10 heteroatoms. The Morgan fingerprint density at radius 2 is 2.05 bits per heavy atom. The van der Waals surface area contributed by atoms with Gasteiger partial charge in [0.1, 0.15) is 0 Å². The van der Waals surface area contributed by atoms with E-state index in [1.807, 2.05) is 4.72 Å². The number of halogens is 3. The van der Waals surface area contributed by atoms with Gasteiger partial charge in [-0.05, 0) is 26.0 Å². The summed E-state index contributed by atoms with van der Waals surface area (Å²) in [5.41, 5.74) is -1.49. The van der Waals surface area contributed by atoms with Crippen LogP contribution in [-0.4, -0.2) is 25.1 Å². The van der Waals surface area contributed by atoms with Crippen molar-refractivity contribution in [1.29, 1.82) is 0 Å². The third kappa shape index (κ3) is 5.02. The van der Waals surface area contributed by atoms with Gasteiger partial charge in [0.2, 0.25) is 15.9 Å². The molecule has 1 aromatic rings. The molecule has 0 aliphatic carbocycles. The second kappa shape index (κ2) is 6.77. The third-order valence-corrected chi connectivity index (χ3v) is 3.69. The number of alkyl halides is 3. The van der Waals surface area contributed by atoms with E-state index >= 15 is 0 Å². The third-order valence-electron chi connectivity index (χ3n) is 2.42. The Morgan fingerprint density at radius 3 is 2.55 bits per heavy atom. The van der Waals surface area contributed by atoms with Crippen LogP contribution in [0.15, 0.2) is 24.4 Å². The molecule has 0 radical (unpaired) electrons. The number of hydrogen-bond acceptors (Lipinski definition) is 4. The van der Waals surface area contributed by atoms with E-state index in [4.69, 9.17) is 0 Å². The lowest BCUT2D eigenvalue weighted by Gasteiger charge is -2.14. The molecule has 1 aromatic heterocycles. The molecule has 22 heavy (non-hydrogen) atoms. The summed E-state index contributed by atoms with van der Waals surface area (Å²) in [6, 6.07) is 0.613. The molecular weight excluding hydrogens is 323 g/mol. The lowest BCUT2D eigenvalue weighted by Crippen LogP contribution is -2.19. The van der Waals surface area contributed by atoms with Crippen LogP contribution in [-0.2, 0) is 21.0 Å². The summed E-state index contributed by atoms with van der Waals surface area (Å²) in [6.45, 7) is 2.90. The van der Waals surface area contributed by atoms with Crippen LogP contribution in [0.25, 0.3) is 0 Å². The first-order chi connectivity index (χ1) is 10.1. The lowest BCUT2D eigenvalue weighted by molar-refractivity contribution is -0.137. The standard InChI is InChI=1S/C12H14F3N3O3S/c1-3-5-10(19)17-9-6-8(12(13,14)15)7-16-11(9)18-22(20,21)4-2/h3,5-7H,4H2,1-2H3,(H,16,18)(H,17,19). The molecule has 122 valence electrons. The van der Waals surface area contributed by atoms with Crippen molar-refractivity contribution in [1.82, 2.24) is 4.98 Å². The molecule has 0 atom stereocenters. The van der Waals surface area contributed by atoms with Gasteiger partial charge >= 0.3 is 6.18 Å². The number of hydrogen-bond donors (Lipinski definition) is 2. The van der Waals surface area contributed by atoms with Crippen LogP contribution in [0.3, 0.4) is 0 Å². The van der Waals surface area contributed by atoms with E-state index in [9.17, 15) is 26.4 Å². The number of carbonyl (C=O) groups excluding carboxylic acids is 1. The molecule has 2 N–H and O–H groups in total. The highest BCUT2D eigenvalue weighted by Crippen LogP contribution is 2.32. The van der Waals surface area contributed by atoms with Gasteiger partial charge in [0.25, 0.3) is 0 Å². The van der Waals surface area contributed by atoms with Gasteiger partial charge in [-0.25, -0.2) is 13.4 Å². The van der Waals surface area contributed by atoms with Crippen molar-refractivity contribution >= 4 is 27.4 Å². The summed E-state index contributed by atoms with van der Waals surface area (Å²) in [6.07, 6.45) is -1.72. The largest absolute Gasteiger partial charge is 0.417 e. The molecule has 6 nitrogen and oxygen atoms in total. The summed E-state index contributed by atoms with van der Waals surface area (Å²) in [7, 11) is -3.75. The van der Waals surface area contributed by atoms with Gasteiger partial charge in [0, 0.05) is 6.20 Å². The van der Waals surface area contributed by atoms with E-state index in [0.29, 0.717) is 12.3 Å². The number of carbonyl (C=O) groups is 1. The van der Waals surface area contributed by atoms with Gasteiger partial charge in [-0.1, -0.05) is 6.08 Å². The fourth-order valence-electron chi connectivity index (χ4n) is 1.34. The van der Waals surface area contributed by atoms with Crippen molar-refractivity contribution in [3.63, 3.8) is 0 Å². The molecule has 1 amide bonds. The number of pyridine rings is 1. The highest BCUT2D eigenvalue weighted by molar-refractivity contribution is 7.92. The Labute approximate surface area is 125 Å². The highest BCUT2D eigenvalue weighted by atomic mass is 32.2. The number of sulfonamides is 1. The number of rotatable bonds is 5. The molecule has 0 saturated heterocycles. The topological polar surface area (TPSA) is 88.2 Å². The fourth-order valence-corrected chi connectivity index (χ4v) is 1.94. The Bertz CT molecular complexity index is 685. The molecule has 1 heterocycles. The average Bonchev–Trinajstić information content (AvgIpc) is 2.39. The van der Waals surface area contributed by atoms with E-state index in [0.717, 1.165) is 6.08 Å². The van der Waals surface area contributed by atoms with Crippen LogP contribution in [0, 0.1) is 0 Å². The Balaban J connectivity index is 3.28. The van der Waals surface area contributed by atoms with Crippen molar-refractivity contribution in [3.05, 3.63) is 30.0 Å². The Morgan fingerprint density at radius 1 is 1.41 bits per heavy atom. The zero-order chi connectivity index (χ0) is 17.0. The van der Waals surface area contributed by atoms with E-state index in [1.165, 1.54) is 13.0 Å². The first-order valence-corrected chi connectivity index (χ1v) is 7.75. The number of aromatic nitrogens is 1. The summed E-state index contributed by atoms with van der Waals surface area (Å²) in [4.78, 5) is 14.9. The zero-order valence-electron chi connectivity index (χ0n) is 11.7. The Hall–Kier alpha value is -2.10. The summed E-state index contributed by atoms with van der Waals surface area (Å²) >= 11 is 0. The molecule has 0 saturated carbocycles. The maximum Gasteiger partial charge on any atom is 0.417 e. The first kappa shape index (κ1) is 18.0. The van der Waals surface area contributed by atoms with Crippen LogP contribution in [0.1, 0.15) is 19.4 Å².